The van der Waals surface area contributed by atoms with Crippen LogP contribution in [-0.4, -0.2) is 43.0 Å². The van der Waals surface area contributed by atoms with Crippen LogP contribution in [0.2, 0.25) is 0 Å². The lowest BCUT2D eigenvalue weighted by Crippen LogP contribution is -2.43. The van der Waals surface area contributed by atoms with E-state index in [2.05, 4.69) is 10.6 Å². The summed E-state index contributed by atoms with van der Waals surface area (Å²) in [5.41, 5.74) is 1.62. The third-order valence-electron chi connectivity index (χ3n) is 5.90. The maximum atomic E-state index is 13.2. The third-order valence-corrected chi connectivity index (χ3v) is 5.90. The van der Waals surface area contributed by atoms with Gasteiger partial charge in [0.05, 0.1) is 13.7 Å². The van der Waals surface area contributed by atoms with E-state index < -0.39 is 17.5 Å². The lowest BCUT2D eigenvalue weighted by molar-refractivity contribution is -0.135. The predicted molar refractivity (Wildman–Crippen MR) is 117 cm³/mol. The average Bonchev–Trinajstić information content (AvgIpc) is 3.29. The number of hydrogen-bond acceptors (Lipinski definition) is 5. The highest BCUT2D eigenvalue weighted by Gasteiger charge is 2.55. The Balaban J connectivity index is 1.39. The smallest absolute Gasteiger partial charge is 0.325 e. The van der Waals surface area contributed by atoms with Crippen molar-refractivity contribution in [2.45, 2.75) is 38.3 Å². The SMILES string of the molecule is CCCOc1ccc(CNC(=O)CN2C(=O)NC3(CCc4ccccc43)C2=O)cc1OC. The van der Waals surface area contributed by atoms with Gasteiger partial charge in [-0.1, -0.05) is 37.3 Å². The zero-order valence-corrected chi connectivity index (χ0v) is 18.3. The van der Waals surface area contributed by atoms with Crippen LogP contribution in [0.15, 0.2) is 42.5 Å². The van der Waals surface area contributed by atoms with Crippen LogP contribution in [0.3, 0.4) is 0 Å². The largest absolute Gasteiger partial charge is 0.493 e. The van der Waals surface area contributed by atoms with Crippen LogP contribution >= 0.6 is 0 Å². The number of aryl methyl sites for hydroxylation is 1. The van der Waals surface area contributed by atoms with Gasteiger partial charge in [-0.3, -0.25) is 14.5 Å². The molecule has 1 saturated heterocycles. The van der Waals surface area contributed by atoms with Crippen molar-refractivity contribution in [3.63, 3.8) is 0 Å². The molecule has 8 nitrogen and oxygen atoms in total. The van der Waals surface area contributed by atoms with Crippen LogP contribution in [0.4, 0.5) is 4.79 Å². The van der Waals surface area contributed by atoms with Gasteiger partial charge in [-0.15, -0.1) is 0 Å². The zero-order valence-electron chi connectivity index (χ0n) is 18.3. The molecular formula is C24H27N3O5. The quantitative estimate of drug-likeness (QED) is 0.619. The normalized spacial score (nSPS) is 19.1. The van der Waals surface area contributed by atoms with Crippen LogP contribution in [0, 0.1) is 0 Å². The fourth-order valence-electron chi connectivity index (χ4n) is 4.29. The zero-order chi connectivity index (χ0) is 22.7. The number of imide groups is 1. The van der Waals surface area contributed by atoms with E-state index in [1.54, 1.807) is 19.2 Å². The Hall–Kier alpha value is -3.55. The lowest BCUT2D eigenvalue weighted by Gasteiger charge is -2.22. The van der Waals surface area contributed by atoms with Gasteiger partial charge in [0.15, 0.2) is 11.5 Å². The lowest BCUT2D eigenvalue weighted by atomic mass is 9.92. The molecule has 1 aliphatic carbocycles. The van der Waals surface area contributed by atoms with Gasteiger partial charge < -0.3 is 20.1 Å². The molecule has 1 atom stereocenters. The first-order chi connectivity index (χ1) is 15.5. The minimum absolute atomic E-state index is 0.237. The molecule has 8 heteroatoms. The maximum absolute atomic E-state index is 13.2. The Morgan fingerprint density at radius 1 is 1.19 bits per heavy atom. The van der Waals surface area contributed by atoms with Gasteiger partial charge in [0.1, 0.15) is 12.1 Å². The second-order valence-electron chi connectivity index (χ2n) is 7.99. The molecule has 0 aromatic heterocycles. The first-order valence-corrected chi connectivity index (χ1v) is 10.8. The summed E-state index contributed by atoms with van der Waals surface area (Å²) in [6, 6.07) is 12.5. The van der Waals surface area contributed by atoms with E-state index in [0.717, 1.165) is 28.0 Å². The number of urea groups is 1. The summed E-state index contributed by atoms with van der Waals surface area (Å²) in [6.07, 6.45) is 2.10. The molecule has 0 bridgehead atoms. The topological polar surface area (TPSA) is 97.0 Å². The van der Waals surface area contributed by atoms with E-state index in [-0.39, 0.29) is 19.0 Å². The van der Waals surface area contributed by atoms with Gasteiger partial charge in [-0.2, -0.15) is 0 Å². The fraction of sp³-hybridized carbons (Fsp3) is 0.375. The van der Waals surface area contributed by atoms with Gasteiger partial charge in [0.25, 0.3) is 5.91 Å². The molecule has 1 fully saturated rings. The van der Waals surface area contributed by atoms with E-state index in [1.165, 1.54) is 0 Å². The minimum Gasteiger partial charge on any atom is -0.493 e. The molecule has 2 aliphatic rings. The fourth-order valence-corrected chi connectivity index (χ4v) is 4.29. The molecule has 0 saturated carbocycles. The number of carbonyl (C=O) groups is 3. The van der Waals surface area contributed by atoms with Gasteiger partial charge in [0, 0.05) is 6.54 Å². The summed E-state index contributed by atoms with van der Waals surface area (Å²) < 4.78 is 11.0. The Kier molecular flexibility index (Phi) is 6.03. The average molecular weight is 437 g/mol. The number of carbonyl (C=O) groups excluding carboxylic acids is 3. The first kappa shape index (κ1) is 21.7. The number of rotatable bonds is 8. The molecule has 2 aromatic carbocycles. The molecule has 1 unspecified atom stereocenters. The van der Waals surface area contributed by atoms with E-state index in [4.69, 9.17) is 9.47 Å². The molecule has 32 heavy (non-hydrogen) atoms. The van der Waals surface area contributed by atoms with Crippen molar-refractivity contribution < 1.29 is 23.9 Å². The first-order valence-electron chi connectivity index (χ1n) is 10.8. The number of hydrogen-bond donors (Lipinski definition) is 2. The molecule has 2 aromatic rings. The molecule has 1 heterocycles. The van der Waals surface area contributed by atoms with Crippen molar-refractivity contribution in [2.24, 2.45) is 0 Å². The number of amides is 4. The highest BCUT2D eigenvalue weighted by Crippen LogP contribution is 2.41. The van der Waals surface area contributed by atoms with Gasteiger partial charge >= 0.3 is 6.03 Å². The summed E-state index contributed by atoms with van der Waals surface area (Å²) in [6.45, 7) is 2.52. The van der Waals surface area contributed by atoms with Crippen molar-refractivity contribution in [3.8, 4) is 11.5 Å². The molecule has 1 spiro atoms. The second kappa shape index (κ2) is 8.90. The molecule has 0 radical (unpaired) electrons. The van der Waals surface area contributed by atoms with Crippen molar-refractivity contribution in [3.05, 3.63) is 59.2 Å². The van der Waals surface area contributed by atoms with Crippen LogP contribution in [0.5, 0.6) is 11.5 Å². The maximum Gasteiger partial charge on any atom is 0.325 e. The van der Waals surface area contributed by atoms with Gasteiger partial charge in [-0.25, -0.2) is 4.79 Å². The van der Waals surface area contributed by atoms with Crippen molar-refractivity contribution >= 4 is 17.8 Å². The predicted octanol–water partition coefficient (Wildman–Crippen LogP) is 2.49. The third kappa shape index (κ3) is 3.88. The van der Waals surface area contributed by atoms with Gasteiger partial charge in [-0.05, 0) is 48.1 Å². The number of ether oxygens (including phenoxy) is 2. The summed E-state index contributed by atoms with van der Waals surface area (Å²) in [5, 5.41) is 5.60. The Labute approximate surface area is 186 Å². The van der Waals surface area contributed by atoms with E-state index in [9.17, 15) is 14.4 Å². The summed E-state index contributed by atoms with van der Waals surface area (Å²) in [5.74, 6) is 0.441. The number of benzene rings is 2. The van der Waals surface area contributed by atoms with Crippen LogP contribution in [-0.2, 0) is 28.1 Å². The van der Waals surface area contributed by atoms with E-state index in [0.29, 0.717) is 30.9 Å². The van der Waals surface area contributed by atoms with Crippen LogP contribution in [0.1, 0.15) is 36.5 Å². The number of methoxy groups -OCH3 is 1. The number of nitrogens with one attached hydrogen (secondary N) is 2. The van der Waals surface area contributed by atoms with E-state index >= 15 is 0 Å². The molecule has 168 valence electrons. The summed E-state index contributed by atoms with van der Waals surface area (Å²) in [7, 11) is 1.56. The highest BCUT2D eigenvalue weighted by molar-refractivity contribution is 6.09. The minimum atomic E-state index is -1.06. The van der Waals surface area contributed by atoms with E-state index in [1.807, 2.05) is 37.3 Å². The number of nitrogens with zero attached hydrogens (tertiary/aromatic N) is 1. The molecule has 4 amide bonds. The monoisotopic (exact) mass is 437 g/mol. The van der Waals surface area contributed by atoms with Crippen molar-refractivity contribution in [1.29, 1.82) is 0 Å². The van der Waals surface area contributed by atoms with Crippen LogP contribution < -0.4 is 20.1 Å². The molecular weight excluding hydrogens is 410 g/mol. The molecule has 4 rings (SSSR count). The highest BCUT2D eigenvalue weighted by atomic mass is 16.5. The summed E-state index contributed by atoms with van der Waals surface area (Å²) >= 11 is 0. The molecule has 2 N–H and O–H groups in total. The van der Waals surface area contributed by atoms with Gasteiger partial charge in [0.2, 0.25) is 5.91 Å². The van der Waals surface area contributed by atoms with Crippen LogP contribution in [0.25, 0.3) is 0 Å². The molecule has 1 aliphatic heterocycles. The summed E-state index contributed by atoms with van der Waals surface area (Å²) in [4.78, 5) is 39.2. The van der Waals surface area contributed by atoms with Crippen molar-refractivity contribution in [2.75, 3.05) is 20.3 Å². The second-order valence-corrected chi connectivity index (χ2v) is 7.99. The Morgan fingerprint density at radius 3 is 2.78 bits per heavy atom. The Morgan fingerprint density at radius 2 is 2.00 bits per heavy atom. The Bertz CT molecular complexity index is 1050. The standard InChI is InChI=1S/C24H27N3O5/c1-3-12-32-19-9-8-16(13-20(19)31-2)14-25-21(28)15-27-22(29)24(26-23(27)30)11-10-17-6-4-5-7-18(17)24/h4-9,13H,3,10-12,14-15H2,1-2H3,(H,25,28)(H,26,30). The van der Waals surface area contributed by atoms with Crippen molar-refractivity contribution in [1.82, 2.24) is 15.5 Å². The number of fused-ring (bicyclic) bond motifs is 2.